The third-order valence-electron chi connectivity index (χ3n) is 1.41. The molecule has 0 fully saturated rings. The fourth-order valence-corrected chi connectivity index (χ4v) is 0.973. The van der Waals surface area contributed by atoms with Gasteiger partial charge in [0.2, 0.25) is 0 Å². The number of rotatable bonds is 1. The first-order valence-electron chi connectivity index (χ1n) is 3.39. The highest BCUT2D eigenvalue weighted by Crippen LogP contribution is 2.16. The van der Waals surface area contributed by atoms with E-state index in [-0.39, 0.29) is 0 Å². The Bertz CT molecular complexity index is 355. The lowest BCUT2D eigenvalue weighted by atomic mass is 10.3. The Morgan fingerprint density at radius 2 is 2.08 bits per heavy atom. The van der Waals surface area contributed by atoms with E-state index >= 15 is 0 Å². The minimum atomic E-state index is 0.380. The van der Waals surface area contributed by atoms with Crippen molar-refractivity contribution >= 4 is 11.6 Å². The van der Waals surface area contributed by atoms with E-state index in [1.165, 1.54) is 0 Å². The molecule has 0 saturated carbocycles. The van der Waals surface area contributed by atoms with Gasteiger partial charge in [0.25, 0.3) is 0 Å². The fraction of sp³-hybridized carbons (Fsp3) is 0. The summed E-state index contributed by atoms with van der Waals surface area (Å²) in [6.45, 7) is 0. The zero-order valence-electron chi connectivity index (χ0n) is 6.07. The average Bonchev–Trinajstić information content (AvgIpc) is 2.58. The fourth-order valence-electron chi connectivity index (χ4n) is 0.872. The number of nitrogens with zero attached hydrogens (tertiary/aromatic N) is 2. The Morgan fingerprint density at radius 3 is 2.67 bits per heavy atom. The average molecular weight is 181 g/mol. The molecule has 0 bridgehead atoms. The molecule has 2 aromatic rings. The molecule has 0 N–H and O–H groups in total. The molecule has 4 heteroatoms. The van der Waals surface area contributed by atoms with Gasteiger partial charge in [0, 0.05) is 0 Å². The number of furan rings is 1. The van der Waals surface area contributed by atoms with Crippen LogP contribution in [0.5, 0.6) is 0 Å². The van der Waals surface area contributed by atoms with Crippen LogP contribution in [0.1, 0.15) is 0 Å². The van der Waals surface area contributed by atoms with E-state index in [1.54, 1.807) is 24.5 Å². The van der Waals surface area contributed by atoms with Gasteiger partial charge in [0.15, 0.2) is 10.9 Å². The summed E-state index contributed by atoms with van der Waals surface area (Å²) in [6.07, 6.45) is 1.59. The summed E-state index contributed by atoms with van der Waals surface area (Å²) in [5.41, 5.74) is 0.685. The third kappa shape index (κ3) is 1.31. The van der Waals surface area contributed by atoms with Crippen molar-refractivity contribution in [3.8, 4) is 11.5 Å². The van der Waals surface area contributed by atoms with Crippen LogP contribution in [0.3, 0.4) is 0 Å². The summed E-state index contributed by atoms with van der Waals surface area (Å²) in [4.78, 5) is 0. The smallest absolute Gasteiger partial charge is 0.154 e. The summed E-state index contributed by atoms with van der Waals surface area (Å²) in [5, 5.41) is 7.92. The third-order valence-corrected chi connectivity index (χ3v) is 1.61. The predicted molar refractivity (Wildman–Crippen MR) is 44.7 cm³/mol. The number of hydrogen-bond acceptors (Lipinski definition) is 3. The van der Waals surface area contributed by atoms with Gasteiger partial charge in [0.1, 0.15) is 5.69 Å². The van der Waals surface area contributed by atoms with Crippen LogP contribution in [0, 0.1) is 0 Å². The number of hydrogen-bond donors (Lipinski definition) is 0. The van der Waals surface area contributed by atoms with Gasteiger partial charge in [-0.1, -0.05) is 11.6 Å². The maximum Gasteiger partial charge on any atom is 0.154 e. The van der Waals surface area contributed by atoms with Crippen LogP contribution in [0.15, 0.2) is 34.9 Å². The molecule has 0 unspecified atom stereocenters. The van der Waals surface area contributed by atoms with Crippen molar-refractivity contribution in [2.45, 2.75) is 0 Å². The van der Waals surface area contributed by atoms with Crippen molar-refractivity contribution in [3.05, 3.63) is 35.7 Å². The zero-order chi connectivity index (χ0) is 8.39. The first kappa shape index (κ1) is 7.31. The summed E-state index contributed by atoms with van der Waals surface area (Å²) in [5.74, 6) is 0.694. The summed E-state index contributed by atoms with van der Waals surface area (Å²) < 4.78 is 5.11. The van der Waals surface area contributed by atoms with Crippen LogP contribution < -0.4 is 0 Å². The maximum atomic E-state index is 5.57. The van der Waals surface area contributed by atoms with Crippen LogP contribution in [-0.4, -0.2) is 10.2 Å². The molecule has 0 amide bonds. The molecule has 2 aromatic heterocycles. The molecule has 0 saturated heterocycles. The molecule has 0 aliphatic rings. The monoisotopic (exact) mass is 180 g/mol. The van der Waals surface area contributed by atoms with Crippen molar-refractivity contribution in [2.75, 3.05) is 0 Å². The highest BCUT2D eigenvalue weighted by Gasteiger charge is 2.01. The normalized spacial score (nSPS) is 10.1. The standard InChI is InChI=1S/C8H5ClN2O/c9-8-4-3-6(10-11-8)7-2-1-5-12-7/h1-5H. The molecule has 0 aromatic carbocycles. The van der Waals surface area contributed by atoms with Gasteiger partial charge in [-0.15, -0.1) is 10.2 Å². The first-order chi connectivity index (χ1) is 5.86. The van der Waals surface area contributed by atoms with E-state index in [0.29, 0.717) is 16.6 Å². The maximum absolute atomic E-state index is 5.57. The molecule has 0 atom stereocenters. The van der Waals surface area contributed by atoms with Gasteiger partial charge in [-0.3, -0.25) is 0 Å². The molecule has 0 spiro atoms. The quantitative estimate of drug-likeness (QED) is 0.677. The van der Waals surface area contributed by atoms with Crippen LogP contribution in [0.2, 0.25) is 5.15 Å². The highest BCUT2D eigenvalue weighted by atomic mass is 35.5. The number of aromatic nitrogens is 2. The summed E-state index contributed by atoms with van der Waals surface area (Å²) in [6, 6.07) is 7.05. The van der Waals surface area contributed by atoms with Crippen molar-refractivity contribution in [2.24, 2.45) is 0 Å². The molecule has 2 heterocycles. The van der Waals surface area contributed by atoms with E-state index in [9.17, 15) is 0 Å². The van der Waals surface area contributed by atoms with Crippen molar-refractivity contribution in [1.29, 1.82) is 0 Å². The predicted octanol–water partition coefficient (Wildman–Crippen LogP) is 2.39. The van der Waals surface area contributed by atoms with Gasteiger partial charge in [-0.2, -0.15) is 0 Å². The SMILES string of the molecule is Clc1ccc(-c2ccco2)nn1. The van der Waals surface area contributed by atoms with E-state index < -0.39 is 0 Å². The van der Waals surface area contributed by atoms with Gasteiger partial charge in [-0.05, 0) is 24.3 Å². The Morgan fingerprint density at radius 1 is 1.17 bits per heavy atom. The van der Waals surface area contributed by atoms with Crippen LogP contribution in [-0.2, 0) is 0 Å². The molecule has 60 valence electrons. The Hall–Kier alpha value is -1.35. The minimum Gasteiger partial charge on any atom is -0.463 e. The molecule has 3 nitrogen and oxygen atoms in total. The van der Waals surface area contributed by atoms with Crippen LogP contribution in [0.4, 0.5) is 0 Å². The van der Waals surface area contributed by atoms with Crippen molar-refractivity contribution in [1.82, 2.24) is 10.2 Å². The first-order valence-corrected chi connectivity index (χ1v) is 3.77. The minimum absolute atomic E-state index is 0.380. The largest absolute Gasteiger partial charge is 0.463 e. The van der Waals surface area contributed by atoms with Crippen LogP contribution >= 0.6 is 11.6 Å². The molecule has 0 radical (unpaired) electrons. The second kappa shape index (κ2) is 2.95. The molecule has 0 aliphatic heterocycles. The van der Waals surface area contributed by atoms with E-state index in [1.807, 2.05) is 6.07 Å². The van der Waals surface area contributed by atoms with Crippen molar-refractivity contribution < 1.29 is 4.42 Å². The molecular weight excluding hydrogens is 176 g/mol. The molecule has 0 aliphatic carbocycles. The van der Waals surface area contributed by atoms with E-state index in [0.717, 1.165) is 0 Å². The van der Waals surface area contributed by atoms with E-state index in [2.05, 4.69) is 10.2 Å². The van der Waals surface area contributed by atoms with Gasteiger partial charge >= 0.3 is 0 Å². The van der Waals surface area contributed by atoms with Gasteiger partial charge in [0.05, 0.1) is 6.26 Å². The Kier molecular flexibility index (Phi) is 1.80. The second-order valence-electron chi connectivity index (χ2n) is 2.22. The Labute approximate surface area is 74.0 Å². The lowest BCUT2D eigenvalue weighted by molar-refractivity contribution is 0.579. The zero-order valence-corrected chi connectivity index (χ0v) is 6.82. The Balaban J connectivity index is 2.43. The number of halogens is 1. The highest BCUT2D eigenvalue weighted by molar-refractivity contribution is 6.29. The van der Waals surface area contributed by atoms with Crippen LogP contribution in [0.25, 0.3) is 11.5 Å². The lowest BCUT2D eigenvalue weighted by Gasteiger charge is -1.92. The lowest BCUT2D eigenvalue weighted by Crippen LogP contribution is -1.84. The molecule has 12 heavy (non-hydrogen) atoms. The van der Waals surface area contributed by atoms with E-state index in [4.69, 9.17) is 16.0 Å². The van der Waals surface area contributed by atoms with Crippen molar-refractivity contribution in [3.63, 3.8) is 0 Å². The van der Waals surface area contributed by atoms with Gasteiger partial charge < -0.3 is 4.42 Å². The molecular formula is C8H5ClN2O. The van der Waals surface area contributed by atoms with Gasteiger partial charge in [-0.25, -0.2) is 0 Å². The second-order valence-corrected chi connectivity index (χ2v) is 2.61. The summed E-state index contributed by atoms with van der Waals surface area (Å²) >= 11 is 5.57. The summed E-state index contributed by atoms with van der Waals surface area (Å²) in [7, 11) is 0. The topological polar surface area (TPSA) is 38.9 Å². The molecule has 2 rings (SSSR count).